The van der Waals surface area contributed by atoms with Crippen LogP contribution in [-0.2, 0) is 9.59 Å². The molecule has 0 rings (SSSR count). The first-order valence-electron chi connectivity index (χ1n) is 3.54. The van der Waals surface area contributed by atoms with E-state index >= 15 is 0 Å². The molecule has 0 radical (unpaired) electrons. The van der Waals surface area contributed by atoms with Crippen molar-refractivity contribution in [3.8, 4) is 0 Å². The summed E-state index contributed by atoms with van der Waals surface area (Å²) in [4.78, 5) is 18.4. The van der Waals surface area contributed by atoms with E-state index in [1.165, 1.54) is 13.8 Å². The van der Waals surface area contributed by atoms with E-state index in [2.05, 4.69) is 0 Å². The number of aliphatic carboxylic acids is 1. The maximum absolute atomic E-state index is 9.44. The highest BCUT2D eigenvalue weighted by atomic mass is 16.4. The molecule has 0 saturated carbocycles. The van der Waals surface area contributed by atoms with Gasteiger partial charge in [-0.05, 0) is 27.7 Å². The van der Waals surface area contributed by atoms with Crippen molar-refractivity contribution in [2.75, 3.05) is 0 Å². The highest BCUT2D eigenvalue weighted by Crippen LogP contribution is 1.65. The molecule has 0 heterocycles. The summed E-state index contributed by atoms with van der Waals surface area (Å²) in [7, 11) is 0. The zero-order valence-corrected chi connectivity index (χ0v) is 8.29. The van der Waals surface area contributed by atoms with Crippen molar-refractivity contribution in [2.24, 2.45) is 0 Å². The molecule has 2 N–H and O–H groups in total. The summed E-state index contributed by atoms with van der Waals surface area (Å²) in [5.74, 6) is -0.667. The summed E-state index contributed by atoms with van der Waals surface area (Å²) in [5, 5.41) is 15.5. The smallest absolute Gasteiger partial charge is 0.300 e. The lowest BCUT2D eigenvalue weighted by atomic mass is 10.5. The number of ketones is 1. The lowest BCUT2D eigenvalue weighted by molar-refractivity contribution is -0.134. The van der Waals surface area contributed by atoms with Crippen LogP contribution in [0.5, 0.6) is 0 Å². The summed E-state index contributed by atoms with van der Waals surface area (Å²) < 4.78 is 0. The summed E-state index contributed by atoms with van der Waals surface area (Å²) in [6.07, 6.45) is -0.167. The van der Waals surface area contributed by atoms with E-state index < -0.39 is 5.97 Å². The van der Waals surface area contributed by atoms with Gasteiger partial charge in [0.2, 0.25) is 0 Å². The number of Topliss-reactive ketones (excluding diaryl/α,β-unsaturated/α-hetero) is 1. The van der Waals surface area contributed by atoms with Gasteiger partial charge in [-0.1, -0.05) is 0 Å². The molecule has 0 aliphatic carbocycles. The Labute approximate surface area is 73.2 Å². The Morgan fingerprint density at radius 2 is 1.08 bits per heavy atom. The number of aliphatic hydroxyl groups is 1. The van der Waals surface area contributed by atoms with Crippen LogP contribution in [0.1, 0.15) is 34.6 Å². The van der Waals surface area contributed by atoms with Gasteiger partial charge in [-0.25, -0.2) is 0 Å². The molecule has 4 heteroatoms. The third kappa shape index (κ3) is 737. The standard InChI is InChI=1S/C3H8O.C3H6O.C2H4O2/c2*1-3(2)4;1-2(3)4/h3-4H,1-2H3;1-2H3;1H3,(H,3,4). The number of rotatable bonds is 0. The fourth-order valence-electron chi connectivity index (χ4n) is 0. The average Bonchev–Trinajstić information content (AvgIpc) is 1.54. The third-order valence-corrected chi connectivity index (χ3v) is 0. The molecule has 0 aliphatic heterocycles. The lowest BCUT2D eigenvalue weighted by Crippen LogP contribution is -1.85. The summed E-state index contributed by atoms with van der Waals surface area (Å²) >= 11 is 0. The Morgan fingerprint density at radius 3 is 1.08 bits per heavy atom. The number of hydrogen-bond donors (Lipinski definition) is 2. The quantitative estimate of drug-likeness (QED) is 0.582. The van der Waals surface area contributed by atoms with Crippen LogP contribution in [0, 0.1) is 0 Å². The van der Waals surface area contributed by atoms with Crippen molar-refractivity contribution in [1.29, 1.82) is 0 Å². The third-order valence-electron chi connectivity index (χ3n) is 0. The predicted octanol–water partition coefficient (Wildman–Crippen LogP) is 1.07. The van der Waals surface area contributed by atoms with Crippen molar-refractivity contribution in [1.82, 2.24) is 0 Å². The van der Waals surface area contributed by atoms with Crippen molar-refractivity contribution >= 4 is 11.8 Å². The van der Waals surface area contributed by atoms with Crippen molar-refractivity contribution < 1.29 is 19.8 Å². The molecule has 0 unspecified atom stereocenters. The SMILES string of the molecule is CC(=O)O.CC(C)=O.CC(C)O. The van der Waals surface area contributed by atoms with Gasteiger partial charge in [0.1, 0.15) is 5.78 Å². The van der Waals surface area contributed by atoms with Crippen LogP contribution < -0.4 is 0 Å². The second kappa shape index (κ2) is 12.7. The van der Waals surface area contributed by atoms with Gasteiger partial charge in [-0.3, -0.25) is 4.79 Å². The Hall–Kier alpha value is -0.900. The van der Waals surface area contributed by atoms with Crippen LogP contribution >= 0.6 is 0 Å². The normalized spacial score (nSPS) is 7.25. The number of carboxylic acids is 1. The largest absolute Gasteiger partial charge is 0.481 e. The Morgan fingerprint density at radius 1 is 1.08 bits per heavy atom. The molecular formula is C8H18O4. The summed E-state index contributed by atoms with van der Waals surface area (Å²) in [5.41, 5.74) is 0. The Bertz CT molecular complexity index is 95.5. The van der Waals surface area contributed by atoms with Crippen LogP contribution in [0.3, 0.4) is 0 Å². The van der Waals surface area contributed by atoms with Crippen LogP contribution in [0.15, 0.2) is 0 Å². The first kappa shape index (κ1) is 17.3. The summed E-state index contributed by atoms with van der Waals surface area (Å²) in [6.45, 7) is 7.58. The number of carboxylic acid groups (broad SMARTS) is 1. The lowest BCUT2D eigenvalue weighted by Gasteiger charge is -1.80. The highest BCUT2D eigenvalue weighted by molar-refractivity contribution is 5.72. The number of carbonyl (C=O) groups excluding carboxylic acids is 1. The molecule has 0 aromatic heterocycles. The molecule has 0 atom stereocenters. The second-order valence-electron chi connectivity index (χ2n) is 2.52. The van der Waals surface area contributed by atoms with Gasteiger partial charge < -0.3 is 15.0 Å². The van der Waals surface area contributed by atoms with E-state index in [0.717, 1.165) is 6.92 Å². The van der Waals surface area contributed by atoms with Crippen LogP contribution in [0.25, 0.3) is 0 Å². The van der Waals surface area contributed by atoms with E-state index in [9.17, 15) is 4.79 Å². The minimum Gasteiger partial charge on any atom is -0.481 e. The molecule has 12 heavy (non-hydrogen) atoms. The minimum atomic E-state index is -0.833. The van der Waals surface area contributed by atoms with Crippen molar-refractivity contribution in [3.05, 3.63) is 0 Å². The van der Waals surface area contributed by atoms with Gasteiger partial charge in [0.25, 0.3) is 5.97 Å². The molecule has 0 aromatic rings. The zero-order chi connectivity index (χ0) is 10.7. The monoisotopic (exact) mass is 178 g/mol. The molecule has 0 aliphatic rings. The number of aliphatic hydroxyl groups excluding tert-OH is 1. The molecule has 4 nitrogen and oxygen atoms in total. The van der Waals surface area contributed by atoms with Gasteiger partial charge >= 0.3 is 0 Å². The van der Waals surface area contributed by atoms with E-state index in [0.29, 0.717) is 0 Å². The number of hydrogen-bond acceptors (Lipinski definition) is 3. The molecule has 0 fully saturated rings. The molecule has 0 bridgehead atoms. The maximum Gasteiger partial charge on any atom is 0.300 e. The fraction of sp³-hybridized carbons (Fsp3) is 0.750. The fourth-order valence-corrected chi connectivity index (χ4v) is 0. The first-order valence-corrected chi connectivity index (χ1v) is 3.54. The molecular weight excluding hydrogens is 160 g/mol. The van der Waals surface area contributed by atoms with E-state index in [1.54, 1.807) is 13.8 Å². The molecule has 0 amide bonds. The molecule has 0 aromatic carbocycles. The van der Waals surface area contributed by atoms with E-state index in [-0.39, 0.29) is 11.9 Å². The Kier molecular flexibility index (Phi) is 18.3. The average molecular weight is 178 g/mol. The van der Waals surface area contributed by atoms with Crippen LogP contribution in [0.2, 0.25) is 0 Å². The molecule has 0 saturated heterocycles. The summed E-state index contributed by atoms with van der Waals surface area (Å²) in [6, 6.07) is 0. The zero-order valence-electron chi connectivity index (χ0n) is 8.29. The Balaban J connectivity index is -0.000000101. The predicted molar refractivity (Wildman–Crippen MR) is 47.0 cm³/mol. The van der Waals surface area contributed by atoms with Gasteiger partial charge in [0, 0.05) is 13.0 Å². The van der Waals surface area contributed by atoms with E-state index in [4.69, 9.17) is 15.0 Å². The van der Waals surface area contributed by atoms with Gasteiger partial charge in [0.15, 0.2) is 0 Å². The highest BCUT2D eigenvalue weighted by Gasteiger charge is 1.69. The van der Waals surface area contributed by atoms with Gasteiger partial charge in [0.05, 0.1) is 0 Å². The van der Waals surface area contributed by atoms with Gasteiger partial charge in [-0.15, -0.1) is 0 Å². The van der Waals surface area contributed by atoms with Gasteiger partial charge in [-0.2, -0.15) is 0 Å². The minimum absolute atomic E-state index is 0.167. The van der Waals surface area contributed by atoms with Crippen molar-refractivity contribution in [2.45, 2.75) is 40.7 Å². The van der Waals surface area contributed by atoms with Crippen LogP contribution in [0.4, 0.5) is 0 Å². The van der Waals surface area contributed by atoms with Crippen LogP contribution in [-0.4, -0.2) is 28.1 Å². The van der Waals surface area contributed by atoms with E-state index in [1.807, 2.05) is 0 Å². The molecule has 74 valence electrons. The molecule has 0 spiro atoms. The topological polar surface area (TPSA) is 74.6 Å². The maximum atomic E-state index is 9.44. The first-order chi connectivity index (χ1) is 5.20. The number of carbonyl (C=O) groups is 2. The van der Waals surface area contributed by atoms with Crippen molar-refractivity contribution in [3.63, 3.8) is 0 Å². The second-order valence-corrected chi connectivity index (χ2v) is 2.52.